The number of nitrogens with one attached hydrogen (secondary N) is 1. The van der Waals surface area contributed by atoms with Gasteiger partial charge in [-0.2, -0.15) is 5.10 Å². The first kappa shape index (κ1) is 16.6. The largest absolute Gasteiger partial charge is 0.370 e. The molecule has 0 radical (unpaired) electrons. The maximum Gasteiger partial charge on any atom is 0.161 e. The van der Waals surface area contributed by atoms with Crippen LogP contribution in [0, 0.1) is 17.5 Å². The number of halogens is 3. The molecule has 0 spiro atoms. The van der Waals surface area contributed by atoms with Crippen LogP contribution in [0.25, 0.3) is 0 Å². The van der Waals surface area contributed by atoms with E-state index in [1.54, 1.807) is 0 Å². The topological polar surface area (TPSA) is 67.2 Å². The monoisotopic (exact) mass is 352 g/mol. The van der Waals surface area contributed by atoms with Gasteiger partial charge in [-0.1, -0.05) is 0 Å². The number of H-pyrrole nitrogens is 1. The third-order valence-corrected chi connectivity index (χ3v) is 5.10. The van der Waals surface area contributed by atoms with Crippen molar-refractivity contribution in [1.29, 1.82) is 0 Å². The highest BCUT2D eigenvalue weighted by atomic mass is 19.2. The van der Waals surface area contributed by atoms with Crippen molar-refractivity contribution in [1.82, 2.24) is 15.1 Å². The van der Waals surface area contributed by atoms with E-state index in [4.69, 9.17) is 10.5 Å². The lowest BCUT2D eigenvalue weighted by Gasteiger charge is -2.41. The van der Waals surface area contributed by atoms with Crippen LogP contribution < -0.4 is 5.73 Å². The van der Waals surface area contributed by atoms with Gasteiger partial charge < -0.3 is 10.5 Å². The fourth-order valence-electron chi connectivity index (χ4n) is 3.72. The average molecular weight is 352 g/mol. The van der Waals surface area contributed by atoms with Crippen molar-refractivity contribution in [2.75, 3.05) is 13.2 Å². The number of rotatable bonds is 2. The molecule has 1 aromatic carbocycles. The zero-order valence-electron chi connectivity index (χ0n) is 13.5. The Balaban J connectivity index is 1.47. The maximum absolute atomic E-state index is 14.0. The van der Waals surface area contributed by atoms with Gasteiger partial charge in [0, 0.05) is 36.8 Å². The van der Waals surface area contributed by atoms with E-state index in [1.807, 2.05) is 6.20 Å². The van der Waals surface area contributed by atoms with Gasteiger partial charge in [0.15, 0.2) is 11.6 Å². The van der Waals surface area contributed by atoms with Crippen molar-refractivity contribution in [3.63, 3.8) is 0 Å². The number of ether oxygens (including phenoxy) is 1. The molecule has 3 heterocycles. The number of benzene rings is 1. The first-order valence-electron chi connectivity index (χ1n) is 8.29. The molecule has 0 saturated carbocycles. The molecule has 2 aliphatic rings. The van der Waals surface area contributed by atoms with Crippen LogP contribution in [0.15, 0.2) is 18.3 Å². The van der Waals surface area contributed by atoms with E-state index < -0.39 is 29.6 Å². The van der Waals surface area contributed by atoms with Crippen LogP contribution in [0.4, 0.5) is 13.2 Å². The lowest BCUT2D eigenvalue weighted by atomic mass is 9.92. The van der Waals surface area contributed by atoms with Crippen LogP contribution in [0.3, 0.4) is 0 Å². The summed E-state index contributed by atoms with van der Waals surface area (Å²) in [5.41, 5.74) is 8.47. The normalized spacial score (nSPS) is 27.3. The zero-order chi connectivity index (χ0) is 17.6. The number of hydrogen-bond acceptors (Lipinski definition) is 4. The van der Waals surface area contributed by atoms with Gasteiger partial charge in [0.25, 0.3) is 0 Å². The Kier molecular flexibility index (Phi) is 4.26. The van der Waals surface area contributed by atoms with Crippen molar-refractivity contribution < 1.29 is 17.9 Å². The van der Waals surface area contributed by atoms with E-state index >= 15 is 0 Å². The Bertz CT molecular complexity index is 781. The van der Waals surface area contributed by atoms with Gasteiger partial charge in [0.2, 0.25) is 0 Å². The van der Waals surface area contributed by atoms with Crippen molar-refractivity contribution >= 4 is 0 Å². The Hall–Kier alpha value is -1.90. The van der Waals surface area contributed by atoms with Crippen LogP contribution in [0.5, 0.6) is 0 Å². The molecule has 2 aliphatic heterocycles. The van der Waals surface area contributed by atoms with Gasteiger partial charge in [0.1, 0.15) is 11.9 Å². The Morgan fingerprint density at radius 1 is 1.20 bits per heavy atom. The Morgan fingerprint density at radius 3 is 2.80 bits per heavy atom. The van der Waals surface area contributed by atoms with Crippen LogP contribution >= 0.6 is 0 Å². The van der Waals surface area contributed by atoms with Gasteiger partial charge in [-0.3, -0.25) is 10.00 Å². The van der Waals surface area contributed by atoms with Gasteiger partial charge in [-0.15, -0.1) is 0 Å². The van der Waals surface area contributed by atoms with Crippen molar-refractivity contribution in [2.24, 2.45) is 5.73 Å². The highest BCUT2D eigenvalue weighted by Gasteiger charge is 2.36. The molecule has 0 amide bonds. The van der Waals surface area contributed by atoms with Gasteiger partial charge >= 0.3 is 0 Å². The summed E-state index contributed by atoms with van der Waals surface area (Å²) in [6, 6.07) is 0.974. The van der Waals surface area contributed by atoms with E-state index in [1.165, 1.54) is 5.56 Å². The number of nitrogens with zero attached hydrogens (tertiary/aromatic N) is 2. The molecule has 1 saturated heterocycles. The Labute approximate surface area is 143 Å². The summed E-state index contributed by atoms with van der Waals surface area (Å²) in [5, 5.41) is 7.06. The van der Waals surface area contributed by atoms with E-state index in [2.05, 4.69) is 15.1 Å². The van der Waals surface area contributed by atoms with Crippen LogP contribution in [0.1, 0.15) is 29.3 Å². The van der Waals surface area contributed by atoms with Crippen LogP contribution in [0.2, 0.25) is 0 Å². The fraction of sp³-hybridized carbons (Fsp3) is 0.471. The number of fused-ring (bicyclic) bond motifs is 1. The van der Waals surface area contributed by atoms with E-state index in [0.29, 0.717) is 19.1 Å². The minimum atomic E-state index is -1.22. The second kappa shape index (κ2) is 6.44. The molecule has 1 aromatic heterocycles. The summed E-state index contributed by atoms with van der Waals surface area (Å²) in [7, 11) is 0. The molecule has 2 aromatic rings. The number of hydrogen-bond donors (Lipinski definition) is 2. The molecule has 0 bridgehead atoms. The standard InChI is InChI=1S/C17H19F3N4O/c18-12-5-14(20)13(19)4-11(12)17-15(21)3-10(8-25-17)24-2-1-9-6-22-23-16(9)7-24/h4-6,10,15,17H,1-3,7-8,21H2,(H,22,23)/t10-,15+,17?/m1/s1. The molecule has 1 unspecified atom stereocenters. The lowest BCUT2D eigenvalue weighted by Crippen LogP contribution is -2.50. The maximum atomic E-state index is 14.0. The first-order chi connectivity index (χ1) is 12.0. The summed E-state index contributed by atoms with van der Waals surface area (Å²) in [6.45, 7) is 1.97. The number of nitrogens with two attached hydrogens (primary N) is 1. The second-order valence-corrected chi connectivity index (χ2v) is 6.69. The molecular formula is C17H19F3N4O. The SMILES string of the molecule is N[C@H]1C[C@@H](N2CCc3cn[nH]c3C2)COC1c1cc(F)c(F)cc1F. The number of aromatic nitrogens is 2. The predicted octanol–water partition coefficient (Wildman–Crippen LogP) is 2.04. The summed E-state index contributed by atoms with van der Waals surface area (Å²) in [5.74, 6) is -3.15. The minimum absolute atomic E-state index is 0.0284. The molecule has 8 heteroatoms. The zero-order valence-corrected chi connectivity index (χ0v) is 13.5. The van der Waals surface area contributed by atoms with Crippen molar-refractivity contribution in [3.05, 3.63) is 52.6 Å². The van der Waals surface area contributed by atoms with E-state index in [9.17, 15) is 13.2 Å². The van der Waals surface area contributed by atoms with Crippen LogP contribution in [-0.4, -0.2) is 40.3 Å². The molecule has 3 atom stereocenters. The third kappa shape index (κ3) is 3.05. The summed E-state index contributed by atoms with van der Waals surface area (Å²) in [6.07, 6.45) is 2.56. The van der Waals surface area contributed by atoms with Crippen molar-refractivity contribution in [2.45, 2.75) is 37.6 Å². The van der Waals surface area contributed by atoms with E-state index in [-0.39, 0.29) is 11.6 Å². The Morgan fingerprint density at radius 2 is 2.00 bits per heavy atom. The molecular weight excluding hydrogens is 333 g/mol. The average Bonchev–Trinajstić information content (AvgIpc) is 3.06. The molecule has 4 rings (SSSR count). The highest BCUT2D eigenvalue weighted by molar-refractivity contribution is 5.24. The second-order valence-electron chi connectivity index (χ2n) is 6.69. The van der Waals surface area contributed by atoms with Gasteiger partial charge in [-0.25, -0.2) is 13.2 Å². The molecule has 1 fully saturated rings. The quantitative estimate of drug-likeness (QED) is 0.812. The third-order valence-electron chi connectivity index (χ3n) is 5.10. The lowest BCUT2D eigenvalue weighted by molar-refractivity contribution is -0.0550. The summed E-state index contributed by atoms with van der Waals surface area (Å²) >= 11 is 0. The highest BCUT2D eigenvalue weighted by Crippen LogP contribution is 2.33. The predicted molar refractivity (Wildman–Crippen MR) is 84.1 cm³/mol. The van der Waals surface area contributed by atoms with E-state index in [0.717, 1.165) is 31.3 Å². The van der Waals surface area contributed by atoms with Gasteiger partial charge in [-0.05, 0) is 24.5 Å². The molecule has 134 valence electrons. The fourth-order valence-corrected chi connectivity index (χ4v) is 3.72. The van der Waals surface area contributed by atoms with Crippen molar-refractivity contribution in [3.8, 4) is 0 Å². The summed E-state index contributed by atoms with van der Waals surface area (Å²) < 4.78 is 46.4. The molecule has 25 heavy (non-hydrogen) atoms. The molecule has 5 nitrogen and oxygen atoms in total. The molecule has 3 N–H and O–H groups in total. The van der Waals surface area contributed by atoms with Gasteiger partial charge in [0.05, 0.1) is 18.5 Å². The molecule has 0 aliphatic carbocycles. The first-order valence-corrected chi connectivity index (χ1v) is 8.29. The smallest absolute Gasteiger partial charge is 0.161 e. The number of aromatic amines is 1. The minimum Gasteiger partial charge on any atom is -0.370 e. The summed E-state index contributed by atoms with van der Waals surface area (Å²) in [4.78, 5) is 2.26. The van der Waals surface area contributed by atoms with Crippen LogP contribution in [-0.2, 0) is 17.7 Å².